The van der Waals surface area contributed by atoms with Gasteiger partial charge in [0.2, 0.25) is 0 Å². The van der Waals surface area contributed by atoms with E-state index in [0.29, 0.717) is 39.5 Å². The van der Waals surface area contributed by atoms with E-state index in [-0.39, 0.29) is 18.4 Å². The van der Waals surface area contributed by atoms with Crippen LogP contribution in [0.5, 0.6) is 5.75 Å². The van der Waals surface area contributed by atoms with Crippen molar-refractivity contribution < 1.29 is 14.3 Å². The number of para-hydroxylation sites is 1. The third-order valence-corrected chi connectivity index (χ3v) is 5.67. The molecule has 1 N–H and O–H groups in total. The number of nitrogens with zero attached hydrogens (tertiary/aromatic N) is 3. The van der Waals surface area contributed by atoms with Gasteiger partial charge < -0.3 is 10.1 Å². The summed E-state index contributed by atoms with van der Waals surface area (Å²) in [5.41, 5.74) is 5.67. The number of carbonyl (C=O) groups is 2. The minimum atomic E-state index is -0.283. The molecule has 0 saturated heterocycles. The Hall–Kier alpha value is -4.70. The molecule has 0 aliphatic carbocycles. The van der Waals surface area contributed by atoms with E-state index in [1.807, 2.05) is 44.2 Å². The summed E-state index contributed by atoms with van der Waals surface area (Å²) in [4.78, 5) is 25.5. The number of hydrogen-bond donors (Lipinski definition) is 1. The second kappa shape index (κ2) is 10.1. The lowest BCUT2D eigenvalue weighted by Gasteiger charge is -2.12. The molecule has 0 radical (unpaired) electrons. The van der Waals surface area contributed by atoms with Crippen LogP contribution >= 0.6 is 0 Å². The Bertz CT molecular complexity index is 1400. The van der Waals surface area contributed by atoms with Gasteiger partial charge in [0.05, 0.1) is 28.6 Å². The van der Waals surface area contributed by atoms with E-state index in [4.69, 9.17) is 10.00 Å². The van der Waals surface area contributed by atoms with Crippen molar-refractivity contribution in [2.24, 2.45) is 5.10 Å². The molecule has 0 unspecified atom stereocenters. The molecule has 7 heteroatoms. The Kier molecular flexibility index (Phi) is 6.74. The minimum Gasteiger partial charge on any atom is -0.483 e. The van der Waals surface area contributed by atoms with Crippen LogP contribution in [0, 0.1) is 25.2 Å². The number of aryl methyl sites for hydroxylation is 2. The van der Waals surface area contributed by atoms with Crippen LogP contribution < -0.4 is 15.1 Å². The first-order valence-electron chi connectivity index (χ1n) is 11.1. The summed E-state index contributed by atoms with van der Waals surface area (Å²) in [6.45, 7) is 5.59. The molecule has 1 heterocycles. The van der Waals surface area contributed by atoms with Crippen molar-refractivity contribution in [3.63, 3.8) is 0 Å². The number of benzene rings is 3. The fraction of sp³-hybridized carbons (Fsp3) is 0.143. The third kappa shape index (κ3) is 5.28. The molecule has 0 atom stereocenters. The van der Waals surface area contributed by atoms with Crippen molar-refractivity contribution in [2.45, 2.75) is 20.8 Å². The molecule has 0 fully saturated rings. The molecule has 4 rings (SSSR count). The van der Waals surface area contributed by atoms with Gasteiger partial charge in [-0.25, -0.2) is 0 Å². The lowest BCUT2D eigenvalue weighted by molar-refractivity contribution is -0.118. The number of hydrogen-bond acceptors (Lipinski definition) is 5. The molecule has 0 saturated carbocycles. The SMILES string of the molecule is CC1=NN(c2ccc(C#N)cc2)C(=O)C1=Cc1ccccc1OCC(=O)Nc1ccc(C)c(C)c1. The Morgan fingerprint density at radius 2 is 1.80 bits per heavy atom. The van der Waals surface area contributed by atoms with E-state index in [1.165, 1.54) is 5.01 Å². The largest absolute Gasteiger partial charge is 0.483 e. The Morgan fingerprint density at radius 3 is 2.51 bits per heavy atom. The lowest BCUT2D eigenvalue weighted by atomic mass is 10.1. The Balaban J connectivity index is 1.48. The molecule has 1 aliphatic heterocycles. The van der Waals surface area contributed by atoms with Crippen molar-refractivity contribution in [2.75, 3.05) is 16.9 Å². The monoisotopic (exact) mass is 464 g/mol. The Labute approximate surface area is 204 Å². The second-order valence-electron chi connectivity index (χ2n) is 8.19. The van der Waals surface area contributed by atoms with E-state index < -0.39 is 0 Å². The van der Waals surface area contributed by atoms with Gasteiger partial charge in [-0.1, -0.05) is 24.3 Å². The molecule has 35 heavy (non-hydrogen) atoms. The number of hydrazone groups is 1. The molecule has 1 aliphatic rings. The third-order valence-electron chi connectivity index (χ3n) is 5.67. The van der Waals surface area contributed by atoms with Gasteiger partial charge in [0, 0.05) is 11.3 Å². The van der Waals surface area contributed by atoms with Crippen LogP contribution in [0.4, 0.5) is 11.4 Å². The van der Waals surface area contributed by atoms with E-state index in [0.717, 1.165) is 11.1 Å². The van der Waals surface area contributed by atoms with Gasteiger partial charge in [0.25, 0.3) is 11.8 Å². The molecule has 0 spiro atoms. The summed E-state index contributed by atoms with van der Waals surface area (Å²) in [7, 11) is 0. The number of nitrogens with one attached hydrogen (secondary N) is 1. The predicted molar refractivity (Wildman–Crippen MR) is 136 cm³/mol. The van der Waals surface area contributed by atoms with Crippen LogP contribution in [0.3, 0.4) is 0 Å². The first-order chi connectivity index (χ1) is 16.9. The maximum absolute atomic E-state index is 13.1. The maximum Gasteiger partial charge on any atom is 0.280 e. The molecule has 174 valence electrons. The van der Waals surface area contributed by atoms with Crippen molar-refractivity contribution in [1.82, 2.24) is 0 Å². The summed E-state index contributed by atoms with van der Waals surface area (Å²) in [6, 6.07) is 21.6. The fourth-order valence-electron chi connectivity index (χ4n) is 3.58. The Morgan fingerprint density at radius 1 is 1.06 bits per heavy atom. The van der Waals surface area contributed by atoms with E-state index in [9.17, 15) is 9.59 Å². The molecule has 0 aromatic heterocycles. The highest BCUT2D eigenvalue weighted by atomic mass is 16.5. The molecule has 2 amide bonds. The summed E-state index contributed by atoms with van der Waals surface area (Å²) in [5, 5.41) is 17.5. The minimum absolute atomic E-state index is 0.175. The van der Waals surface area contributed by atoms with Gasteiger partial charge in [-0.3, -0.25) is 9.59 Å². The summed E-state index contributed by atoms with van der Waals surface area (Å²) >= 11 is 0. The number of amides is 2. The maximum atomic E-state index is 13.1. The normalized spacial score (nSPS) is 14.0. The summed E-state index contributed by atoms with van der Waals surface area (Å²) < 4.78 is 5.79. The van der Waals surface area contributed by atoms with Crippen LogP contribution in [0.15, 0.2) is 77.4 Å². The van der Waals surface area contributed by atoms with Gasteiger partial charge in [0.1, 0.15) is 5.75 Å². The van der Waals surface area contributed by atoms with Crippen LogP contribution in [0.25, 0.3) is 6.08 Å². The number of carbonyl (C=O) groups excluding carboxylic acids is 2. The zero-order valence-corrected chi connectivity index (χ0v) is 19.7. The zero-order valence-electron chi connectivity index (χ0n) is 19.7. The first-order valence-corrected chi connectivity index (χ1v) is 11.1. The van der Waals surface area contributed by atoms with E-state index in [1.54, 1.807) is 49.4 Å². The number of ether oxygens (including phenoxy) is 1. The van der Waals surface area contributed by atoms with Crippen LogP contribution in [0.1, 0.15) is 29.2 Å². The smallest absolute Gasteiger partial charge is 0.280 e. The zero-order chi connectivity index (χ0) is 24.9. The highest BCUT2D eigenvalue weighted by Crippen LogP contribution is 2.28. The summed E-state index contributed by atoms with van der Waals surface area (Å²) in [5.74, 6) is -0.0838. The van der Waals surface area contributed by atoms with E-state index >= 15 is 0 Å². The molecule has 3 aromatic carbocycles. The predicted octanol–water partition coefficient (Wildman–Crippen LogP) is 5.00. The van der Waals surface area contributed by atoms with Crippen molar-refractivity contribution in [3.8, 4) is 11.8 Å². The van der Waals surface area contributed by atoms with Crippen molar-refractivity contribution in [3.05, 3.63) is 94.6 Å². The average Bonchev–Trinajstić information content (AvgIpc) is 3.14. The van der Waals surface area contributed by atoms with Crippen LogP contribution in [0.2, 0.25) is 0 Å². The number of rotatable bonds is 6. The molecular formula is C28H24N4O3. The van der Waals surface area contributed by atoms with Gasteiger partial charge in [-0.15, -0.1) is 0 Å². The molecule has 3 aromatic rings. The topological polar surface area (TPSA) is 94.8 Å². The van der Waals surface area contributed by atoms with Gasteiger partial charge in [-0.05, 0) is 80.4 Å². The molecule has 7 nitrogen and oxygen atoms in total. The molecule has 0 bridgehead atoms. The molecular weight excluding hydrogens is 440 g/mol. The van der Waals surface area contributed by atoms with Gasteiger partial charge >= 0.3 is 0 Å². The first kappa shape index (κ1) is 23.5. The van der Waals surface area contributed by atoms with E-state index in [2.05, 4.69) is 16.5 Å². The second-order valence-corrected chi connectivity index (χ2v) is 8.19. The van der Waals surface area contributed by atoms with Crippen molar-refractivity contribution >= 4 is 35.0 Å². The average molecular weight is 465 g/mol. The fourth-order valence-corrected chi connectivity index (χ4v) is 3.58. The standard InChI is InChI=1S/C28H24N4O3/c1-18-8-11-23(14-19(18)2)30-27(33)17-35-26-7-5-4-6-22(26)15-25-20(3)31-32(28(25)34)24-12-9-21(16-29)10-13-24/h4-15H,17H2,1-3H3,(H,30,33). The number of nitriles is 1. The van der Waals surface area contributed by atoms with Crippen LogP contribution in [-0.4, -0.2) is 24.1 Å². The lowest BCUT2D eigenvalue weighted by Crippen LogP contribution is -2.21. The summed E-state index contributed by atoms with van der Waals surface area (Å²) in [6.07, 6.45) is 1.71. The van der Waals surface area contributed by atoms with Gasteiger partial charge in [0.15, 0.2) is 6.61 Å². The number of anilines is 2. The van der Waals surface area contributed by atoms with Crippen LogP contribution in [-0.2, 0) is 9.59 Å². The highest BCUT2D eigenvalue weighted by molar-refractivity contribution is 6.32. The highest BCUT2D eigenvalue weighted by Gasteiger charge is 2.29. The quantitative estimate of drug-likeness (QED) is 0.520. The van der Waals surface area contributed by atoms with Gasteiger partial charge in [-0.2, -0.15) is 15.4 Å². The van der Waals surface area contributed by atoms with Crippen molar-refractivity contribution in [1.29, 1.82) is 5.26 Å².